The first kappa shape index (κ1) is 19.4. The van der Waals surface area contributed by atoms with Gasteiger partial charge in [0.05, 0.1) is 11.8 Å². The molecule has 8 heteroatoms. The maximum absolute atomic E-state index is 12.3. The van der Waals surface area contributed by atoms with Crippen molar-refractivity contribution in [1.82, 2.24) is 25.4 Å². The van der Waals surface area contributed by atoms with E-state index in [-0.39, 0.29) is 11.9 Å². The second-order valence-corrected chi connectivity index (χ2v) is 8.37. The number of imide groups is 1. The molecule has 1 aliphatic carbocycles. The summed E-state index contributed by atoms with van der Waals surface area (Å²) in [6.45, 7) is 6.12. The first-order valence-electron chi connectivity index (χ1n) is 9.19. The third kappa shape index (κ3) is 5.32. The van der Waals surface area contributed by atoms with Crippen LogP contribution in [0.5, 0.6) is 0 Å². The summed E-state index contributed by atoms with van der Waals surface area (Å²) in [6.07, 6.45) is 2.26. The third-order valence-electron chi connectivity index (χ3n) is 4.18. The Kier molecular flexibility index (Phi) is 6.15. The molecule has 0 aliphatic heterocycles. The highest BCUT2D eigenvalue weighted by atomic mass is 32.2. The maximum Gasteiger partial charge on any atom is 0.321 e. The molecule has 27 heavy (non-hydrogen) atoms. The lowest BCUT2D eigenvalue weighted by Gasteiger charge is -2.14. The normalized spacial score (nSPS) is 14.8. The van der Waals surface area contributed by atoms with Gasteiger partial charge in [-0.15, -0.1) is 10.2 Å². The Morgan fingerprint density at radius 1 is 1.19 bits per heavy atom. The number of rotatable bonds is 7. The number of nitrogens with one attached hydrogen (secondary N) is 2. The van der Waals surface area contributed by atoms with Crippen LogP contribution in [-0.2, 0) is 11.3 Å². The van der Waals surface area contributed by atoms with Gasteiger partial charge in [-0.05, 0) is 39.2 Å². The Morgan fingerprint density at radius 3 is 2.52 bits per heavy atom. The smallest absolute Gasteiger partial charge is 0.321 e. The van der Waals surface area contributed by atoms with Gasteiger partial charge in [0.1, 0.15) is 5.82 Å². The van der Waals surface area contributed by atoms with E-state index in [1.165, 1.54) is 11.8 Å². The number of hydrogen-bond acceptors (Lipinski definition) is 5. The lowest BCUT2D eigenvalue weighted by molar-refractivity contribution is -0.119. The van der Waals surface area contributed by atoms with Crippen LogP contribution in [0.3, 0.4) is 0 Å². The van der Waals surface area contributed by atoms with Gasteiger partial charge in [-0.2, -0.15) is 0 Å². The van der Waals surface area contributed by atoms with Crippen molar-refractivity contribution in [3.8, 4) is 0 Å². The molecular weight excluding hydrogens is 362 g/mol. The van der Waals surface area contributed by atoms with Crippen molar-refractivity contribution in [2.45, 2.75) is 62.5 Å². The molecule has 0 unspecified atom stereocenters. The van der Waals surface area contributed by atoms with E-state index in [1.54, 1.807) is 6.92 Å². The van der Waals surface area contributed by atoms with Crippen molar-refractivity contribution >= 4 is 23.7 Å². The van der Waals surface area contributed by atoms with Crippen LogP contribution in [0, 0.1) is 0 Å². The van der Waals surface area contributed by atoms with Crippen LogP contribution >= 0.6 is 11.8 Å². The molecule has 0 saturated heterocycles. The third-order valence-corrected chi connectivity index (χ3v) is 5.26. The quantitative estimate of drug-likeness (QED) is 0.713. The second kappa shape index (κ2) is 8.56. The molecule has 1 aromatic carbocycles. The summed E-state index contributed by atoms with van der Waals surface area (Å²) in [6, 6.07) is 9.62. The molecule has 144 valence electrons. The topological polar surface area (TPSA) is 88.9 Å². The summed E-state index contributed by atoms with van der Waals surface area (Å²) in [4.78, 5) is 24.1. The number of benzene rings is 1. The van der Waals surface area contributed by atoms with E-state index in [1.807, 2.05) is 32.0 Å². The fraction of sp³-hybridized carbons (Fsp3) is 0.474. The van der Waals surface area contributed by atoms with Crippen LogP contribution in [0.4, 0.5) is 4.79 Å². The Bertz CT molecular complexity index is 802. The number of thioether (sulfide) groups is 1. The van der Waals surface area contributed by atoms with Crippen LogP contribution in [0.25, 0.3) is 0 Å². The number of nitrogens with zero attached hydrogens (tertiary/aromatic N) is 3. The van der Waals surface area contributed by atoms with Crippen LogP contribution < -0.4 is 10.6 Å². The second-order valence-electron chi connectivity index (χ2n) is 7.06. The van der Waals surface area contributed by atoms with Crippen molar-refractivity contribution in [1.29, 1.82) is 0 Å². The standard InChI is InChI=1S/C19H25N5O2S/c1-12(2)20-18(26)21-17(25)13(3)27-19-23-22-16(15-9-10-15)24(19)11-14-7-5-4-6-8-14/h4-8,12-13,15H,9-11H2,1-3H3,(H2,20,21,25,26)/t13-/m1/s1. The highest BCUT2D eigenvalue weighted by Gasteiger charge is 2.31. The van der Waals surface area contributed by atoms with Crippen LogP contribution in [0.15, 0.2) is 35.5 Å². The maximum atomic E-state index is 12.3. The molecule has 0 radical (unpaired) electrons. The largest absolute Gasteiger partial charge is 0.336 e. The SMILES string of the molecule is CC(C)NC(=O)NC(=O)[C@@H](C)Sc1nnc(C2CC2)n1Cc1ccccc1. The van der Waals surface area contributed by atoms with Crippen LogP contribution in [0.1, 0.15) is 50.9 Å². The van der Waals surface area contributed by atoms with Gasteiger partial charge in [0.15, 0.2) is 5.16 Å². The first-order valence-corrected chi connectivity index (χ1v) is 10.1. The monoisotopic (exact) mass is 387 g/mol. The molecule has 1 aliphatic rings. The molecule has 0 spiro atoms. The van der Waals surface area contributed by atoms with Crippen molar-refractivity contribution < 1.29 is 9.59 Å². The van der Waals surface area contributed by atoms with E-state index in [9.17, 15) is 9.59 Å². The van der Waals surface area contributed by atoms with Crippen molar-refractivity contribution in [2.24, 2.45) is 0 Å². The fourth-order valence-electron chi connectivity index (χ4n) is 2.67. The lowest BCUT2D eigenvalue weighted by atomic mass is 10.2. The zero-order valence-corrected chi connectivity index (χ0v) is 16.6. The summed E-state index contributed by atoms with van der Waals surface area (Å²) in [7, 11) is 0. The Morgan fingerprint density at radius 2 is 1.89 bits per heavy atom. The predicted molar refractivity (Wildman–Crippen MR) is 105 cm³/mol. The fourth-order valence-corrected chi connectivity index (χ4v) is 3.52. The highest BCUT2D eigenvalue weighted by molar-refractivity contribution is 8.00. The predicted octanol–water partition coefficient (Wildman–Crippen LogP) is 2.92. The van der Waals surface area contributed by atoms with E-state index in [0.717, 1.165) is 24.2 Å². The molecule has 3 rings (SSSR count). The van der Waals surface area contributed by atoms with Crippen LogP contribution in [-0.4, -0.2) is 38.0 Å². The number of carbonyl (C=O) groups excluding carboxylic acids is 2. The zero-order valence-electron chi connectivity index (χ0n) is 15.8. The summed E-state index contributed by atoms with van der Waals surface area (Å²) in [5.41, 5.74) is 1.16. The first-order chi connectivity index (χ1) is 12.9. The average Bonchev–Trinajstić information content (AvgIpc) is 3.39. The minimum atomic E-state index is -0.480. The van der Waals surface area contributed by atoms with Gasteiger partial charge in [-0.3, -0.25) is 10.1 Å². The number of hydrogen-bond donors (Lipinski definition) is 2. The molecule has 7 nitrogen and oxygen atoms in total. The van der Waals surface area contributed by atoms with Gasteiger partial charge < -0.3 is 9.88 Å². The molecule has 2 aromatic rings. The summed E-state index contributed by atoms with van der Waals surface area (Å²) in [5.74, 6) is 1.09. The minimum Gasteiger partial charge on any atom is -0.336 e. The van der Waals surface area contributed by atoms with Gasteiger partial charge >= 0.3 is 6.03 Å². The number of aromatic nitrogens is 3. The summed E-state index contributed by atoms with van der Waals surface area (Å²) >= 11 is 1.32. The zero-order chi connectivity index (χ0) is 19.4. The average molecular weight is 388 g/mol. The molecule has 3 amide bonds. The number of amides is 3. The van der Waals surface area contributed by atoms with Gasteiger partial charge in [-0.25, -0.2) is 4.79 Å². The Balaban J connectivity index is 1.70. The molecule has 1 aromatic heterocycles. The van der Waals surface area contributed by atoms with Gasteiger partial charge in [0.2, 0.25) is 5.91 Å². The Labute approximate surface area is 163 Å². The molecule has 1 fully saturated rings. The minimum absolute atomic E-state index is 0.0316. The van der Waals surface area contributed by atoms with Crippen LogP contribution in [0.2, 0.25) is 0 Å². The van der Waals surface area contributed by atoms with Crippen molar-refractivity contribution in [3.63, 3.8) is 0 Å². The van der Waals surface area contributed by atoms with Gasteiger partial charge in [0.25, 0.3) is 0 Å². The molecule has 1 heterocycles. The van der Waals surface area contributed by atoms with Gasteiger partial charge in [-0.1, -0.05) is 42.1 Å². The van der Waals surface area contributed by atoms with E-state index in [2.05, 4.69) is 37.5 Å². The highest BCUT2D eigenvalue weighted by Crippen LogP contribution is 2.40. The number of carbonyl (C=O) groups is 2. The molecule has 1 saturated carbocycles. The van der Waals surface area contributed by atoms with E-state index in [0.29, 0.717) is 17.6 Å². The molecular formula is C19H25N5O2S. The lowest BCUT2D eigenvalue weighted by Crippen LogP contribution is -2.45. The van der Waals surface area contributed by atoms with Crippen molar-refractivity contribution in [2.75, 3.05) is 0 Å². The molecule has 2 N–H and O–H groups in total. The molecule has 0 bridgehead atoms. The van der Waals surface area contributed by atoms with E-state index in [4.69, 9.17) is 0 Å². The number of urea groups is 1. The van der Waals surface area contributed by atoms with Gasteiger partial charge in [0, 0.05) is 12.0 Å². The molecule has 1 atom stereocenters. The van der Waals surface area contributed by atoms with E-state index < -0.39 is 11.3 Å². The van der Waals surface area contributed by atoms with Crippen molar-refractivity contribution in [3.05, 3.63) is 41.7 Å². The summed E-state index contributed by atoms with van der Waals surface area (Å²) in [5, 5.41) is 13.9. The van der Waals surface area contributed by atoms with E-state index >= 15 is 0 Å². The summed E-state index contributed by atoms with van der Waals surface area (Å²) < 4.78 is 2.09. The Hall–Kier alpha value is -2.35.